The van der Waals surface area contributed by atoms with Gasteiger partial charge in [-0.3, -0.25) is 4.79 Å². The van der Waals surface area contributed by atoms with Crippen LogP contribution in [0.2, 0.25) is 0 Å². The summed E-state index contributed by atoms with van der Waals surface area (Å²) in [6, 6.07) is 4.68. The SMILES string of the molecule is CC(C)=CCC/C(C)=C/COc1ccc(C=O)c(O)c1. The van der Waals surface area contributed by atoms with Crippen LogP contribution in [-0.2, 0) is 0 Å². The molecule has 0 atom stereocenters. The number of carbonyl (C=O) groups excluding carboxylic acids is 1. The summed E-state index contributed by atoms with van der Waals surface area (Å²) >= 11 is 0. The Balaban J connectivity index is 2.45. The Bertz CT molecular complexity index is 509. The van der Waals surface area contributed by atoms with E-state index in [-0.39, 0.29) is 11.3 Å². The fourth-order valence-corrected chi connectivity index (χ4v) is 1.68. The molecule has 20 heavy (non-hydrogen) atoms. The van der Waals surface area contributed by atoms with E-state index in [0.717, 1.165) is 12.8 Å². The van der Waals surface area contributed by atoms with Gasteiger partial charge >= 0.3 is 0 Å². The van der Waals surface area contributed by atoms with Gasteiger partial charge in [0.05, 0.1) is 5.56 Å². The minimum absolute atomic E-state index is 0.0539. The van der Waals surface area contributed by atoms with E-state index in [0.29, 0.717) is 18.6 Å². The van der Waals surface area contributed by atoms with Crippen molar-refractivity contribution in [1.29, 1.82) is 0 Å². The first kappa shape index (κ1) is 16.0. The van der Waals surface area contributed by atoms with Gasteiger partial charge in [0.1, 0.15) is 18.1 Å². The van der Waals surface area contributed by atoms with Gasteiger partial charge in [0.15, 0.2) is 6.29 Å². The number of allylic oxidation sites excluding steroid dienone is 3. The fourth-order valence-electron chi connectivity index (χ4n) is 1.68. The minimum Gasteiger partial charge on any atom is -0.507 e. The van der Waals surface area contributed by atoms with Crippen LogP contribution >= 0.6 is 0 Å². The third-order valence-corrected chi connectivity index (χ3v) is 2.90. The standard InChI is InChI=1S/C17H22O3/c1-13(2)5-4-6-14(3)9-10-20-16-8-7-15(12-18)17(19)11-16/h5,7-9,11-12,19H,4,6,10H2,1-3H3/b14-9+. The number of hydrogen-bond donors (Lipinski definition) is 1. The number of benzene rings is 1. The molecule has 0 saturated carbocycles. The van der Waals surface area contributed by atoms with Gasteiger partial charge < -0.3 is 9.84 Å². The molecule has 0 aliphatic rings. The molecule has 0 unspecified atom stereocenters. The summed E-state index contributed by atoms with van der Waals surface area (Å²) in [6.07, 6.45) is 6.92. The molecule has 0 aromatic heterocycles. The van der Waals surface area contributed by atoms with Gasteiger partial charge in [-0.05, 0) is 51.8 Å². The highest BCUT2D eigenvalue weighted by Gasteiger charge is 2.01. The van der Waals surface area contributed by atoms with Crippen LogP contribution in [0.1, 0.15) is 44.0 Å². The molecule has 0 fully saturated rings. The summed E-state index contributed by atoms with van der Waals surface area (Å²) in [6.45, 7) is 6.73. The van der Waals surface area contributed by atoms with Crippen LogP contribution in [0, 0.1) is 0 Å². The molecule has 1 aromatic carbocycles. The Morgan fingerprint density at radius 1 is 1.25 bits per heavy atom. The normalized spacial score (nSPS) is 11.1. The summed E-state index contributed by atoms with van der Waals surface area (Å²) < 4.78 is 5.52. The first-order chi connectivity index (χ1) is 9.52. The Labute approximate surface area is 120 Å². The molecule has 0 bridgehead atoms. The van der Waals surface area contributed by atoms with Crippen molar-refractivity contribution in [3.63, 3.8) is 0 Å². The van der Waals surface area contributed by atoms with Gasteiger partial charge in [-0.15, -0.1) is 0 Å². The predicted octanol–water partition coefficient (Wildman–Crippen LogP) is 4.28. The van der Waals surface area contributed by atoms with E-state index >= 15 is 0 Å². The number of ether oxygens (including phenoxy) is 1. The van der Waals surface area contributed by atoms with E-state index in [1.807, 2.05) is 6.08 Å². The molecule has 0 heterocycles. The van der Waals surface area contributed by atoms with Crippen molar-refractivity contribution in [2.75, 3.05) is 6.61 Å². The lowest BCUT2D eigenvalue weighted by atomic mass is 10.1. The van der Waals surface area contributed by atoms with Crippen LogP contribution < -0.4 is 4.74 Å². The molecule has 1 rings (SSSR count). The number of hydrogen-bond acceptors (Lipinski definition) is 3. The average Bonchev–Trinajstić information content (AvgIpc) is 2.38. The Kier molecular flexibility index (Phi) is 6.57. The lowest BCUT2D eigenvalue weighted by Crippen LogP contribution is -1.95. The zero-order valence-electron chi connectivity index (χ0n) is 12.3. The minimum atomic E-state index is -0.0539. The van der Waals surface area contributed by atoms with Crippen LogP contribution in [0.25, 0.3) is 0 Å². The third-order valence-electron chi connectivity index (χ3n) is 2.90. The number of aromatic hydroxyl groups is 1. The van der Waals surface area contributed by atoms with E-state index < -0.39 is 0 Å². The van der Waals surface area contributed by atoms with Crippen molar-refractivity contribution in [3.05, 3.63) is 47.1 Å². The molecule has 108 valence electrons. The molecule has 0 aliphatic carbocycles. The van der Waals surface area contributed by atoms with Crippen LogP contribution in [0.5, 0.6) is 11.5 Å². The van der Waals surface area contributed by atoms with Crippen LogP contribution in [0.4, 0.5) is 0 Å². The second-order valence-corrected chi connectivity index (χ2v) is 5.02. The van der Waals surface area contributed by atoms with Crippen LogP contribution in [-0.4, -0.2) is 18.0 Å². The number of carbonyl (C=O) groups is 1. The highest BCUT2D eigenvalue weighted by atomic mass is 16.5. The molecular weight excluding hydrogens is 252 g/mol. The van der Waals surface area contributed by atoms with Gasteiger partial charge in [-0.2, -0.15) is 0 Å². The Morgan fingerprint density at radius 2 is 2.00 bits per heavy atom. The number of phenols is 1. The highest BCUT2D eigenvalue weighted by molar-refractivity contribution is 5.79. The van der Waals surface area contributed by atoms with Crippen molar-refractivity contribution in [1.82, 2.24) is 0 Å². The summed E-state index contributed by atoms with van der Waals surface area (Å²) in [5.41, 5.74) is 2.88. The van der Waals surface area contributed by atoms with Gasteiger partial charge in [0.25, 0.3) is 0 Å². The molecule has 3 heteroatoms. The smallest absolute Gasteiger partial charge is 0.153 e. The van der Waals surface area contributed by atoms with Crippen molar-refractivity contribution >= 4 is 6.29 Å². The van der Waals surface area contributed by atoms with Crippen molar-refractivity contribution in [3.8, 4) is 11.5 Å². The maximum Gasteiger partial charge on any atom is 0.153 e. The summed E-state index contributed by atoms with van der Waals surface area (Å²) in [7, 11) is 0. The lowest BCUT2D eigenvalue weighted by Gasteiger charge is -2.06. The second kappa shape index (κ2) is 8.20. The zero-order valence-corrected chi connectivity index (χ0v) is 12.3. The van der Waals surface area contributed by atoms with Gasteiger partial charge in [0.2, 0.25) is 0 Å². The van der Waals surface area contributed by atoms with Gasteiger partial charge in [-0.1, -0.05) is 17.2 Å². The summed E-state index contributed by atoms with van der Waals surface area (Å²) in [5, 5.41) is 9.53. The average molecular weight is 274 g/mol. The molecule has 0 spiro atoms. The Morgan fingerprint density at radius 3 is 2.60 bits per heavy atom. The van der Waals surface area contributed by atoms with Crippen molar-refractivity contribution < 1.29 is 14.6 Å². The fraction of sp³-hybridized carbons (Fsp3) is 0.353. The molecule has 3 nitrogen and oxygen atoms in total. The maximum absolute atomic E-state index is 10.6. The molecule has 0 amide bonds. The first-order valence-corrected chi connectivity index (χ1v) is 6.73. The van der Waals surface area contributed by atoms with E-state index in [4.69, 9.17) is 4.74 Å². The van der Waals surface area contributed by atoms with Crippen molar-refractivity contribution in [2.45, 2.75) is 33.6 Å². The van der Waals surface area contributed by atoms with Crippen molar-refractivity contribution in [2.24, 2.45) is 0 Å². The number of aldehydes is 1. The van der Waals surface area contributed by atoms with Gasteiger partial charge in [-0.25, -0.2) is 0 Å². The van der Waals surface area contributed by atoms with E-state index in [2.05, 4.69) is 26.8 Å². The number of rotatable bonds is 7. The predicted molar refractivity (Wildman–Crippen MR) is 81.4 cm³/mol. The molecule has 0 radical (unpaired) electrons. The van der Waals surface area contributed by atoms with E-state index in [1.165, 1.54) is 17.2 Å². The number of phenolic OH excluding ortho intramolecular Hbond substituents is 1. The molecule has 0 aliphatic heterocycles. The molecule has 1 N–H and O–H groups in total. The molecule has 0 saturated heterocycles. The molecular formula is C17H22O3. The summed E-state index contributed by atoms with van der Waals surface area (Å²) in [4.78, 5) is 10.6. The van der Waals surface area contributed by atoms with Gasteiger partial charge in [0, 0.05) is 6.07 Å². The maximum atomic E-state index is 10.6. The second-order valence-electron chi connectivity index (χ2n) is 5.02. The van der Waals surface area contributed by atoms with E-state index in [9.17, 15) is 9.90 Å². The summed E-state index contributed by atoms with van der Waals surface area (Å²) in [5.74, 6) is 0.503. The first-order valence-electron chi connectivity index (χ1n) is 6.73. The Hall–Kier alpha value is -2.03. The largest absolute Gasteiger partial charge is 0.507 e. The van der Waals surface area contributed by atoms with E-state index in [1.54, 1.807) is 12.1 Å². The van der Waals surface area contributed by atoms with Crippen LogP contribution in [0.3, 0.4) is 0 Å². The monoisotopic (exact) mass is 274 g/mol. The molecule has 1 aromatic rings. The quantitative estimate of drug-likeness (QED) is 0.596. The zero-order chi connectivity index (χ0) is 15.0. The third kappa shape index (κ3) is 5.74. The lowest BCUT2D eigenvalue weighted by molar-refractivity contribution is 0.112. The topological polar surface area (TPSA) is 46.5 Å². The van der Waals surface area contributed by atoms with Crippen LogP contribution in [0.15, 0.2) is 41.5 Å². The highest BCUT2D eigenvalue weighted by Crippen LogP contribution is 2.22.